The molecule has 4 heterocycles. The minimum atomic E-state index is -0.557. The molecule has 1 saturated carbocycles. The fourth-order valence-electron chi connectivity index (χ4n) is 6.01. The van der Waals surface area contributed by atoms with Crippen LogP contribution in [0.5, 0.6) is 29.1 Å². The first kappa shape index (κ1) is 31.8. The molecule has 1 aliphatic heterocycles. The Balaban J connectivity index is 1.02. The predicted molar refractivity (Wildman–Crippen MR) is 175 cm³/mol. The lowest BCUT2D eigenvalue weighted by Crippen LogP contribution is -2.66. The Morgan fingerprint density at radius 3 is 2.45 bits per heavy atom. The van der Waals surface area contributed by atoms with Crippen LogP contribution in [-0.2, 0) is 4.74 Å². The molecule has 1 aliphatic carbocycles. The van der Waals surface area contributed by atoms with Gasteiger partial charge in [0.15, 0.2) is 11.5 Å². The van der Waals surface area contributed by atoms with E-state index in [2.05, 4.69) is 30.4 Å². The van der Waals surface area contributed by atoms with E-state index in [0.717, 1.165) is 12.8 Å². The molecular weight excluding hydrogens is 635 g/mol. The minimum absolute atomic E-state index is 0.0421. The van der Waals surface area contributed by atoms with Gasteiger partial charge >= 0.3 is 12.1 Å². The fraction of sp³-hybridized carbons (Fsp3) is 0.353. The molecule has 14 nitrogen and oxygen atoms in total. The van der Waals surface area contributed by atoms with E-state index in [1.807, 2.05) is 20.8 Å². The first-order chi connectivity index (χ1) is 23.5. The summed E-state index contributed by atoms with van der Waals surface area (Å²) in [5.74, 6) is 1.40. The SMILES string of the molecule is COc1ncc(-n2ccc(Oc3ccc(Nc4ncnc5cc(OC)c(OC6CC7(C6)CN(C(=O)OC(C)(C)C)C7)cc45)c(F)c3)n2)cn1. The quantitative estimate of drug-likeness (QED) is 0.194. The second kappa shape index (κ2) is 12.4. The monoisotopic (exact) mass is 670 g/mol. The normalized spacial score (nSPS) is 15.3. The molecule has 0 unspecified atom stereocenters. The maximum atomic E-state index is 15.4. The van der Waals surface area contributed by atoms with Crippen LogP contribution in [0, 0.1) is 11.2 Å². The van der Waals surface area contributed by atoms with E-state index in [4.69, 9.17) is 23.7 Å². The summed E-state index contributed by atoms with van der Waals surface area (Å²) in [5.41, 5.74) is 0.899. The summed E-state index contributed by atoms with van der Waals surface area (Å²) in [6, 6.07) is 9.89. The van der Waals surface area contributed by atoms with E-state index in [1.54, 1.807) is 60.9 Å². The molecule has 2 aliphatic rings. The molecule has 2 aromatic carbocycles. The van der Waals surface area contributed by atoms with Gasteiger partial charge in [0.25, 0.3) is 0 Å². The number of amides is 1. The van der Waals surface area contributed by atoms with Gasteiger partial charge in [-0.2, -0.15) is 0 Å². The number of methoxy groups -OCH3 is 2. The van der Waals surface area contributed by atoms with E-state index in [1.165, 1.54) is 24.2 Å². The number of ether oxygens (including phenoxy) is 5. The lowest BCUT2D eigenvalue weighted by molar-refractivity contribution is -0.117. The Hall–Kier alpha value is -5.73. The van der Waals surface area contributed by atoms with Crippen molar-refractivity contribution in [2.75, 3.05) is 32.6 Å². The zero-order valence-electron chi connectivity index (χ0n) is 27.6. The Morgan fingerprint density at radius 1 is 0.980 bits per heavy atom. The molecule has 1 N–H and O–H groups in total. The number of benzene rings is 2. The average Bonchev–Trinajstić information content (AvgIpc) is 3.50. The van der Waals surface area contributed by atoms with Crippen LogP contribution in [0.4, 0.5) is 20.7 Å². The molecule has 1 amide bonds. The van der Waals surface area contributed by atoms with E-state index in [9.17, 15) is 4.79 Å². The number of hydrogen-bond acceptors (Lipinski definition) is 12. The van der Waals surface area contributed by atoms with Gasteiger partial charge < -0.3 is 33.9 Å². The zero-order valence-corrected chi connectivity index (χ0v) is 27.6. The van der Waals surface area contributed by atoms with Crippen molar-refractivity contribution in [3.63, 3.8) is 0 Å². The third-order valence-corrected chi connectivity index (χ3v) is 8.28. The molecule has 2 fully saturated rings. The summed E-state index contributed by atoms with van der Waals surface area (Å²) in [6.07, 6.45) is 7.47. The molecule has 15 heteroatoms. The van der Waals surface area contributed by atoms with E-state index < -0.39 is 11.4 Å². The standard InChI is InChI=1S/C34H35FN8O6/c1-33(2,3)49-32(44)42-17-34(18-42)13-22(14-34)47-28-11-23-26(12-27(28)45-4)38-19-39-30(23)40-25-7-6-21(10-24(25)35)48-29-8-9-43(41-29)20-15-36-31(46-5)37-16-20/h6-12,15-16,19,22H,13-14,17-18H2,1-5H3,(H,38,39,40). The molecule has 49 heavy (non-hydrogen) atoms. The van der Waals surface area contributed by atoms with Crippen LogP contribution in [0.15, 0.2) is 61.3 Å². The smallest absolute Gasteiger partial charge is 0.410 e. The fourth-order valence-corrected chi connectivity index (χ4v) is 6.01. The topological polar surface area (TPSA) is 148 Å². The first-order valence-electron chi connectivity index (χ1n) is 15.6. The summed E-state index contributed by atoms with van der Waals surface area (Å²) >= 11 is 0. The number of rotatable bonds is 9. The summed E-state index contributed by atoms with van der Waals surface area (Å²) in [5, 5.41) is 8.06. The highest BCUT2D eigenvalue weighted by molar-refractivity contribution is 5.93. The lowest BCUT2D eigenvalue weighted by Gasteiger charge is -2.58. The number of nitrogens with zero attached hydrogens (tertiary/aromatic N) is 7. The largest absolute Gasteiger partial charge is 0.493 e. The van der Waals surface area contributed by atoms with Crippen LogP contribution in [0.3, 0.4) is 0 Å². The van der Waals surface area contributed by atoms with Gasteiger partial charge in [0, 0.05) is 48.3 Å². The summed E-state index contributed by atoms with van der Waals surface area (Å²) in [4.78, 5) is 31.0. The number of carbonyl (C=O) groups excluding carboxylic acids is 1. The van der Waals surface area contributed by atoms with Gasteiger partial charge in [0.2, 0.25) is 5.88 Å². The van der Waals surface area contributed by atoms with Crippen molar-refractivity contribution < 1.29 is 32.9 Å². The van der Waals surface area contributed by atoms with E-state index in [0.29, 0.717) is 47.0 Å². The molecule has 0 bridgehead atoms. The molecule has 0 atom stereocenters. The second-order valence-electron chi connectivity index (χ2n) is 13.1. The third-order valence-electron chi connectivity index (χ3n) is 8.28. The first-order valence-corrected chi connectivity index (χ1v) is 15.6. The van der Waals surface area contributed by atoms with Gasteiger partial charge in [0.1, 0.15) is 41.1 Å². The molecule has 5 aromatic rings. The van der Waals surface area contributed by atoms with Crippen molar-refractivity contribution in [2.24, 2.45) is 5.41 Å². The van der Waals surface area contributed by atoms with Crippen LogP contribution >= 0.6 is 0 Å². The number of fused-ring (bicyclic) bond motifs is 1. The van der Waals surface area contributed by atoms with E-state index in [-0.39, 0.29) is 40.9 Å². The Bertz CT molecular complexity index is 2000. The summed E-state index contributed by atoms with van der Waals surface area (Å²) in [7, 11) is 3.05. The minimum Gasteiger partial charge on any atom is -0.493 e. The van der Waals surface area contributed by atoms with Gasteiger partial charge in [0.05, 0.1) is 37.8 Å². The van der Waals surface area contributed by atoms with Crippen molar-refractivity contribution in [1.82, 2.24) is 34.6 Å². The van der Waals surface area contributed by atoms with Gasteiger partial charge in [-0.3, -0.25) is 0 Å². The number of aromatic nitrogens is 6. The van der Waals surface area contributed by atoms with Gasteiger partial charge in [-0.05, 0) is 51.8 Å². The average molecular weight is 671 g/mol. The predicted octanol–water partition coefficient (Wildman–Crippen LogP) is 6.08. The van der Waals surface area contributed by atoms with Crippen LogP contribution in [0.2, 0.25) is 0 Å². The van der Waals surface area contributed by atoms with Crippen molar-refractivity contribution in [3.05, 3.63) is 67.1 Å². The Kier molecular flexibility index (Phi) is 8.04. The Labute approximate surface area is 281 Å². The molecule has 1 spiro atoms. The zero-order chi connectivity index (χ0) is 34.3. The summed E-state index contributed by atoms with van der Waals surface area (Å²) < 4.78 is 45.2. The molecule has 3 aromatic heterocycles. The maximum absolute atomic E-state index is 15.4. The second-order valence-corrected chi connectivity index (χ2v) is 13.1. The molecule has 7 rings (SSSR count). The third kappa shape index (κ3) is 6.68. The van der Waals surface area contributed by atoms with Crippen molar-refractivity contribution in [3.8, 4) is 34.8 Å². The van der Waals surface area contributed by atoms with Crippen LogP contribution in [-0.4, -0.2) is 79.7 Å². The maximum Gasteiger partial charge on any atom is 0.410 e. The number of likely N-dealkylation sites (tertiary alicyclic amines) is 1. The Morgan fingerprint density at radius 2 is 1.76 bits per heavy atom. The number of nitrogens with one attached hydrogen (secondary N) is 1. The van der Waals surface area contributed by atoms with Crippen LogP contribution in [0.1, 0.15) is 33.6 Å². The number of anilines is 2. The number of hydrogen-bond donors (Lipinski definition) is 1. The van der Waals surface area contributed by atoms with Crippen molar-refractivity contribution in [2.45, 2.75) is 45.3 Å². The molecule has 0 radical (unpaired) electrons. The van der Waals surface area contributed by atoms with Crippen molar-refractivity contribution >= 4 is 28.5 Å². The van der Waals surface area contributed by atoms with Gasteiger partial charge in [-0.1, -0.05) is 0 Å². The van der Waals surface area contributed by atoms with E-state index >= 15 is 4.39 Å². The molecule has 254 valence electrons. The van der Waals surface area contributed by atoms with Gasteiger partial charge in [-0.15, -0.1) is 5.10 Å². The van der Waals surface area contributed by atoms with Crippen LogP contribution in [0.25, 0.3) is 16.6 Å². The van der Waals surface area contributed by atoms with Gasteiger partial charge in [-0.25, -0.2) is 33.8 Å². The number of carbonyl (C=O) groups is 1. The molecular formula is C34H35FN8O6. The highest BCUT2D eigenvalue weighted by Gasteiger charge is 2.55. The molecule has 1 saturated heterocycles. The number of halogens is 1. The highest BCUT2D eigenvalue weighted by atomic mass is 19.1. The highest BCUT2D eigenvalue weighted by Crippen LogP contribution is 2.51. The van der Waals surface area contributed by atoms with Crippen molar-refractivity contribution in [1.29, 1.82) is 0 Å². The summed E-state index contributed by atoms with van der Waals surface area (Å²) in [6.45, 7) is 6.88. The van der Waals surface area contributed by atoms with Crippen LogP contribution < -0.4 is 24.3 Å². The lowest BCUT2D eigenvalue weighted by atomic mass is 9.62.